The van der Waals surface area contributed by atoms with Crippen LogP contribution in [0.15, 0.2) is 18.2 Å². The third-order valence-electron chi connectivity index (χ3n) is 2.04. The van der Waals surface area contributed by atoms with Crippen molar-refractivity contribution in [3.8, 4) is 0 Å². The highest BCUT2D eigenvalue weighted by molar-refractivity contribution is 6.34. The van der Waals surface area contributed by atoms with E-state index in [1.807, 2.05) is 12.1 Å². The lowest BCUT2D eigenvalue weighted by Crippen LogP contribution is -2.12. The van der Waals surface area contributed by atoms with E-state index >= 15 is 0 Å². The molecule has 1 atom stereocenters. The van der Waals surface area contributed by atoms with Crippen molar-refractivity contribution in [3.05, 3.63) is 33.8 Å². The van der Waals surface area contributed by atoms with Crippen molar-refractivity contribution in [1.29, 1.82) is 0 Å². The predicted molar refractivity (Wildman–Crippen MR) is 62.8 cm³/mol. The van der Waals surface area contributed by atoms with Gasteiger partial charge in [-0.1, -0.05) is 37.0 Å². The molecule has 0 aliphatic heterocycles. The summed E-state index contributed by atoms with van der Waals surface area (Å²) in [5.74, 6) is 0.572. The minimum absolute atomic E-state index is 0.0196. The van der Waals surface area contributed by atoms with Crippen LogP contribution in [0.2, 0.25) is 10.0 Å². The van der Waals surface area contributed by atoms with E-state index in [4.69, 9.17) is 28.9 Å². The molecule has 2 N–H and O–H groups in total. The second-order valence-corrected chi connectivity index (χ2v) is 4.81. The van der Waals surface area contributed by atoms with Crippen LogP contribution in [0, 0.1) is 5.92 Å². The highest BCUT2D eigenvalue weighted by Gasteiger charge is 2.09. The summed E-state index contributed by atoms with van der Waals surface area (Å²) in [7, 11) is 0. The predicted octanol–water partition coefficient (Wildman–Crippen LogP) is 4.04. The van der Waals surface area contributed by atoms with Gasteiger partial charge in [-0.25, -0.2) is 0 Å². The summed E-state index contributed by atoms with van der Waals surface area (Å²) < 4.78 is 0. The topological polar surface area (TPSA) is 26.0 Å². The highest BCUT2D eigenvalue weighted by atomic mass is 35.5. The van der Waals surface area contributed by atoms with Crippen LogP contribution in [0.3, 0.4) is 0 Å². The monoisotopic (exact) mass is 231 g/mol. The Bertz CT molecular complexity index is 290. The van der Waals surface area contributed by atoms with Crippen LogP contribution in [-0.2, 0) is 0 Å². The first-order valence-corrected chi connectivity index (χ1v) is 5.46. The third-order valence-corrected chi connectivity index (χ3v) is 2.47. The Labute approximate surface area is 95.2 Å². The van der Waals surface area contributed by atoms with Crippen LogP contribution >= 0.6 is 23.2 Å². The van der Waals surface area contributed by atoms with Crippen molar-refractivity contribution in [3.63, 3.8) is 0 Å². The molecule has 0 aromatic heterocycles. The molecule has 1 rings (SSSR count). The zero-order chi connectivity index (χ0) is 10.7. The van der Waals surface area contributed by atoms with Crippen molar-refractivity contribution in [1.82, 2.24) is 0 Å². The number of benzene rings is 1. The zero-order valence-corrected chi connectivity index (χ0v) is 9.94. The molecule has 0 fully saturated rings. The average Bonchev–Trinajstić information content (AvgIpc) is 2.00. The summed E-state index contributed by atoms with van der Waals surface area (Å²) in [6, 6.07) is 5.49. The number of hydrogen-bond donors (Lipinski definition) is 1. The van der Waals surface area contributed by atoms with Gasteiger partial charge in [-0.05, 0) is 36.1 Å². The largest absolute Gasteiger partial charge is 0.324 e. The molecule has 1 aromatic carbocycles. The van der Waals surface area contributed by atoms with Crippen LogP contribution in [0.4, 0.5) is 0 Å². The summed E-state index contributed by atoms with van der Waals surface area (Å²) in [6.45, 7) is 4.29. The van der Waals surface area contributed by atoms with Crippen LogP contribution in [0.1, 0.15) is 31.9 Å². The fourth-order valence-electron chi connectivity index (χ4n) is 1.43. The van der Waals surface area contributed by atoms with Gasteiger partial charge in [0, 0.05) is 16.1 Å². The average molecular weight is 232 g/mol. The van der Waals surface area contributed by atoms with Gasteiger partial charge in [-0.3, -0.25) is 0 Å². The molecular formula is C11H15Cl2N. The van der Waals surface area contributed by atoms with Gasteiger partial charge >= 0.3 is 0 Å². The minimum Gasteiger partial charge on any atom is -0.324 e. The Hall–Kier alpha value is -0.240. The smallest absolute Gasteiger partial charge is 0.0424 e. The van der Waals surface area contributed by atoms with Gasteiger partial charge in [-0.15, -0.1) is 0 Å². The van der Waals surface area contributed by atoms with Gasteiger partial charge in [0.15, 0.2) is 0 Å². The van der Waals surface area contributed by atoms with E-state index in [0.717, 1.165) is 12.0 Å². The van der Waals surface area contributed by atoms with E-state index in [0.29, 0.717) is 16.0 Å². The molecule has 0 aliphatic rings. The normalized spacial score (nSPS) is 13.3. The van der Waals surface area contributed by atoms with E-state index in [2.05, 4.69) is 13.8 Å². The van der Waals surface area contributed by atoms with Gasteiger partial charge in [-0.2, -0.15) is 0 Å². The summed E-state index contributed by atoms with van der Waals surface area (Å²) in [6.07, 6.45) is 0.941. The van der Waals surface area contributed by atoms with Crippen molar-refractivity contribution in [2.75, 3.05) is 0 Å². The molecular weight excluding hydrogens is 217 g/mol. The number of halogens is 2. The maximum atomic E-state index is 6.02. The molecule has 0 unspecified atom stereocenters. The quantitative estimate of drug-likeness (QED) is 0.836. The van der Waals surface area contributed by atoms with Gasteiger partial charge in [0.25, 0.3) is 0 Å². The summed E-state index contributed by atoms with van der Waals surface area (Å²) in [5, 5.41) is 1.29. The van der Waals surface area contributed by atoms with E-state index < -0.39 is 0 Å². The summed E-state index contributed by atoms with van der Waals surface area (Å²) in [5.41, 5.74) is 7.03. The molecule has 0 heterocycles. The standard InChI is InChI=1S/C11H15Cl2N/c1-7(2)3-11(14)8-4-9(12)6-10(13)5-8/h4-7,11H,3,14H2,1-2H3/t11-/m1/s1. The fraction of sp³-hybridized carbons (Fsp3) is 0.455. The van der Waals surface area contributed by atoms with Crippen LogP contribution in [0.25, 0.3) is 0 Å². The molecule has 3 heteroatoms. The molecule has 0 bridgehead atoms. The second kappa shape index (κ2) is 5.01. The second-order valence-electron chi connectivity index (χ2n) is 3.94. The van der Waals surface area contributed by atoms with E-state index in [9.17, 15) is 0 Å². The summed E-state index contributed by atoms with van der Waals surface area (Å²) >= 11 is 11.8. The van der Waals surface area contributed by atoms with Crippen molar-refractivity contribution >= 4 is 23.2 Å². The van der Waals surface area contributed by atoms with Gasteiger partial charge in [0.05, 0.1) is 0 Å². The first-order valence-electron chi connectivity index (χ1n) is 4.70. The van der Waals surface area contributed by atoms with Crippen LogP contribution in [0.5, 0.6) is 0 Å². The zero-order valence-electron chi connectivity index (χ0n) is 8.43. The Morgan fingerprint density at radius 1 is 1.14 bits per heavy atom. The molecule has 0 aliphatic carbocycles. The van der Waals surface area contributed by atoms with Gasteiger partial charge in [0.1, 0.15) is 0 Å². The molecule has 78 valence electrons. The Kier molecular flexibility index (Phi) is 4.24. The minimum atomic E-state index is 0.0196. The molecule has 1 aromatic rings. The molecule has 14 heavy (non-hydrogen) atoms. The van der Waals surface area contributed by atoms with E-state index in [1.54, 1.807) is 6.07 Å². The molecule has 0 spiro atoms. The van der Waals surface area contributed by atoms with Gasteiger partial charge < -0.3 is 5.73 Å². The highest BCUT2D eigenvalue weighted by Crippen LogP contribution is 2.25. The number of hydrogen-bond acceptors (Lipinski definition) is 1. The van der Waals surface area contributed by atoms with Crippen molar-refractivity contribution < 1.29 is 0 Å². The molecule has 1 nitrogen and oxygen atoms in total. The SMILES string of the molecule is CC(C)C[C@@H](N)c1cc(Cl)cc(Cl)c1. The third kappa shape index (κ3) is 3.49. The summed E-state index contributed by atoms with van der Waals surface area (Å²) in [4.78, 5) is 0. The maximum Gasteiger partial charge on any atom is 0.0424 e. The maximum absolute atomic E-state index is 6.02. The van der Waals surface area contributed by atoms with Crippen LogP contribution < -0.4 is 5.73 Å². The number of rotatable bonds is 3. The molecule has 0 saturated carbocycles. The van der Waals surface area contributed by atoms with Gasteiger partial charge in [0.2, 0.25) is 0 Å². The number of nitrogens with two attached hydrogens (primary N) is 1. The van der Waals surface area contributed by atoms with Crippen molar-refractivity contribution in [2.45, 2.75) is 26.3 Å². The first-order chi connectivity index (χ1) is 6.49. The Morgan fingerprint density at radius 2 is 1.64 bits per heavy atom. The fourth-order valence-corrected chi connectivity index (χ4v) is 1.98. The first kappa shape index (κ1) is 11.8. The Balaban J connectivity index is 2.84. The molecule has 0 amide bonds. The lowest BCUT2D eigenvalue weighted by atomic mass is 9.98. The van der Waals surface area contributed by atoms with E-state index in [1.165, 1.54) is 0 Å². The van der Waals surface area contributed by atoms with E-state index in [-0.39, 0.29) is 6.04 Å². The lowest BCUT2D eigenvalue weighted by molar-refractivity contribution is 0.510. The molecule has 0 saturated heterocycles. The van der Waals surface area contributed by atoms with Crippen molar-refractivity contribution in [2.24, 2.45) is 11.7 Å². The Morgan fingerprint density at radius 3 is 2.07 bits per heavy atom. The molecule has 0 radical (unpaired) electrons. The lowest BCUT2D eigenvalue weighted by Gasteiger charge is -2.14. The van der Waals surface area contributed by atoms with Crippen LogP contribution in [-0.4, -0.2) is 0 Å².